The van der Waals surface area contributed by atoms with Crippen molar-refractivity contribution in [3.63, 3.8) is 0 Å². The molecule has 0 bridgehead atoms. The fourth-order valence-electron chi connectivity index (χ4n) is 2.07. The van der Waals surface area contributed by atoms with Gasteiger partial charge in [0.2, 0.25) is 0 Å². The van der Waals surface area contributed by atoms with Gasteiger partial charge in [-0.1, -0.05) is 25.5 Å². The maximum Gasteiger partial charge on any atom is 0.269 e. The molecule has 4 nitrogen and oxygen atoms in total. The Labute approximate surface area is 114 Å². The van der Waals surface area contributed by atoms with E-state index in [4.69, 9.17) is 6.42 Å². The molecule has 0 fully saturated rings. The van der Waals surface area contributed by atoms with E-state index in [1.54, 1.807) is 12.1 Å². The zero-order valence-electron chi connectivity index (χ0n) is 11.4. The van der Waals surface area contributed by atoms with E-state index < -0.39 is 0 Å². The Morgan fingerprint density at radius 2 is 2.26 bits per heavy atom. The van der Waals surface area contributed by atoms with Gasteiger partial charge in [-0.05, 0) is 18.9 Å². The average molecular weight is 260 g/mol. The molecular formula is C15H20N2O2. The molecule has 2 atom stereocenters. The van der Waals surface area contributed by atoms with Crippen LogP contribution in [0.15, 0.2) is 24.3 Å². The number of nitro benzene ring substituents is 1. The van der Waals surface area contributed by atoms with Crippen molar-refractivity contribution in [3.8, 4) is 12.3 Å². The Kier molecular flexibility index (Phi) is 6.04. The lowest BCUT2D eigenvalue weighted by Crippen LogP contribution is -2.30. The molecule has 0 aliphatic rings. The molecular weight excluding hydrogens is 240 g/mol. The molecule has 0 radical (unpaired) electrons. The Bertz CT molecular complexity index is 465. The largest absolute Gasteiger partial charge is 0.306 e. The number of non-ortho nitro benzene ring substituents is 1. The molecule has 0 heterocycles. The van der Waals surface area contributed by atoms with Crippen molar-refractivity contribution < 1.29 is 4.92 Å². The molecule has 2 unspecified atom stereocenters. The van der Waals surface area contributed by atoms with Crippen LogP contribution in [-0.4, -0.2) is 11.0 Å². The van der Waals surface area contributed by atoms with Crippen LogP contribution in [0.1, 0.15) is 44.7 Å². The first-order valence-corrected chi connectivity index (χ1v) is 6.52. The third kappa shape index (κ3) is 4.72. The van der Waals surface area contributed by atoms with Gasteiger partial charge >= 0.3 is 0 Å². The molecule has 1 rings (SSSR count). The highest BCUT2D eigenvalue weighted by molar-refractivity contribution is 5.35. The van der Waals surface area contributed by atoms with E-state index in [9.17, 15) is 10.1 Å². The number of hydrogen-bond acceptors (Lipinski definition) is 3. The summed E-state index contributed by atoms with van der Waals surface area (Å²) in [5, 5.41) is 14.3. The van der Waals surface area contributed by atoms with Gasteiger partial charge in [0.25, 0.3) is 5.69 Å². The summed E-state index contributed by atoms with van der Waals surface area (Å²) in [6, 6.07) is 7.09. The zero-order chi connectivity index (χ0) is 14.3. The molecule has 4 heteroatoms. The Balaban J connectivity index is 2.89. The summed E-state index contributed by atoms with van der Waals surface area (Å²) >= 11 is 0. The van der Waals surface area contributed by atoms with Gasteiger partial charge in [-0.25, -0.2) is 0 Å². The first-order chi connectivity index (χ1) is 9.08. The smallest absolute Gasteiger partial charge is 0.269 e. The van der Waals surface area contributed by atoms with Crippen LogP contribution >= 0.6 is 0 Å². The number of benzene rings is 1. The molecule has 0 aromatic heterocycles. The van der Waals surface area contributed by atoms with Gasteiger partial charge in [-0.15, -0.1) is 12.3 Å². The number of hydrogen-bond donors (Lipinski definition) is 1. The van der Waals surface area contributed by atoms with E-state index in [1.165, 1.54) is 6.07 Å². The van der Waals surface area contributed by atoms with Gasteiger partial charge in [-0.3, -0.25) is 10.1 Å². The molecule has 0 saturated carbocycles. The van der Waals surface area contributed by atoms with E-state index >= 15 is 0 Å². The molecule has 0 saturated heterocycles. The van der Waals surface area contributed by atoms with E-state index in [2.05, 4.69) is 18.2 Å². The third-order valence-electron chi connectivity index (χ3n) is 2.97. The third-order valence-corrected chi connectivity index (χ3v) is 2.97. The Morgan fingerprint density at radius 1 is 1.53 bits per heavy atom. The van der Waals surface area contributed by atoms with Crippen LogP contribution in [0.3, 0.4) is 0 Å². The maximum absolute atomic E-state index is 10.8. The van der Waals surface area contributed by atoms with Gasteiger partial charge in [0.15, 0.2) is 0 Å². The molecule has 1 N–H and O–H groups in total. The minimum atomic E-state index is -0.364. The van der Waals surface area contributed by atoms with E-state index in [0.717, 1.165) is 18.4 Å². The van der Waals surface area contributed by atoms with Crippen molar-refractivity contribution in [2.75, 3.05) is 0 Å². The highest BCUT2D eigenvalue weighted by Crippen LogP contribution is 2.23. The predicted octanol–water partition coefficient (Wildman–Crippen LogP) is 3.44. The molecule has 1 aromatic carbocycles. The van der Waals surface area contributed by atoms with Crippen molar-refractivity contribution in [2.45, 2.75) is 45.2 Å². The van der Waals surface area contributed by atoms with Crippen molar-refractivity contribution in [3.05, 3.63) is 39.9 Å². The van der Waals surface area contributed by atoms with Crippen LogP contribution in [0.2, 0.25) is 0 Å². The zero-order valence-corrected chi connectivity index (χ0v) is 11.4. The normalized spacial score (nSPS) is 13.5. The topological polar surface area (TPSA) is 55.2 Å². The summed E-state index contributed by atoms with van der Waals surface area (Å²) in [6.07, 6.45) is 7.88. The van der Waals surface area contributed by atoms with Gasteiger partial charge in [0.1, 0.15) is 0 Å². The summed E-state index contributed by atoms with van der Waals surface area (Å²) < 4.78 is 0. The average Bonchev–Trinajstić information content (AvgIpc) is 2.38. The van der Waals surface area contributed by atoms with E-state index in [-0.39, 0.29) is 22.7 Å². The first-order valence-electron chi connectivity index (χ1n) is 6.52. The lowest BCUT2D eigenvalue weighted by Gasteiger charge is -2.22. The number of nitrogens with zero attached hydrogens (tertiary/aromatic N) is 1. The summed E-state index contributed by atoms with van der Waals surface area (Å²) in [5.41, 5.74) is 1.07. The van der Waals surface area contributed by atoms with Crippen molar-refractivity contribution in [1.29, 1.82) is 0 Å². The minimum Gasteiger partial charge on any atom is -0.306 e. The quantitative estimate of drug-likeness (QED) is 0.464. The number of rotatable bonds is 7. The highest BCUT2D eigenvalue weighted by atomic mass is 16.6. The predicted molar refractivity (Wildman–Crippen MR) is 76.8 cm³/mol. The second kappa shape index (κ2) is 7.55. The van der Waals surface area contributed by atoms with Crippen LogP contribution in [0.5, 0.6) is 0 Å². The number of terminal acetylenes is 1. The monoisotopic (exact) mass is 260 g/mol. The van der Waals surface area contributed by atoms with Crippen molar-refractivity contribution in [2.24, 2.45) is 0 Å². The SMILES string of the molecule is C#CCC(C)NC(CCC)c1cccc([N+](=O)[O-])c1. The molecule has 0 spiro atoms. The van der Waals surface area contributed by atoms with Crippen LogP contribution < -0.4 is 5.32 Å². The van der Waals surface area contributed by atoms with Crippen LogP contribution in [0, 0.1) is 22.5 Å². The molecule has 0 aliphatic heterocycles. The van der Waals surface area contributed by atoms with Gasteiger partial charge in [0, 0.05) is 30.6 Å². The van der Waals surface area contributed by atoms with Crippen molar-refractivity contribution in [1.82, 2.24) is 5.32 Å². The molecule has 1 aromatic rings. The number of nitrogens with one attached hydrogen (secondary N) is 1. The fraction of sp³-hybridized carbons (Fsp3) is 0.467. The molecule has 0 aliphatic carbocycles. The summed E-state index contributed by atoms with van der Waals surface area (Å²) in [4.78, 5) is 10.5. The Hall–Kier alpha value is -1.86. The molecule has 19 heavy (non-hydrogen) atoms. The second-order valence-corrected chi connectivity index (χ2v) is 4.67. The molecule has 0 amide bonds. The fourth-order valence-corrected chi connectivity index (χ4v) is 2.07. The van der Waals surface area contributed by atoms with Gasteiger partial charge in [-0.2, -0.15) is 0 Å². The molecule has 102 valence electrons. The van der Waals surface area contributed by atoms with Gasteiger partial charge < -0.3 is 5.32 Å². The van der Waals surface area contributed by atoms with Crippen LogP contribution in [0.4, 0.5) is 5.69 Å². The standard InChI is InChI=1S/C15H20N2O2/c1-4-7-12(3)16-15(8-5-2)13-9-6-10-14(11-13)17(18)19/h1,6,9-12,15-16H,5,7-8H2,2-3H3. The lowest BCUT2D eigenvalue weighted by atomic mass is 10.0. The van der Waals surface area contributed by atoms with E-state index in [1.807, 2.05) is 13.0 Å². The van der Waals surface area contributed by atoms with Crippen LogP contribution in [0.25, 0.3) is 0 Å². The summed E-state index contributed by atoms with van der Waals surface area (Å²) in [6.45, 7) is 4.12. The van der Waals surface area contributed by atoms with Crippen LogP contribution in [-0.2, 0) is 0 Å². The second-order valence-electron chi connectivity index (χ2n) is 4.67. The highest BCUT2D eigenvalue weighted by Gasteiger charge is 2.15. The Morgan fingerprint density at radius 3 is 2.84 bits per heavy atom. The van der Waals surface area contributed by atoms with Crippen molar-refractivity contribution >= 4 is 5.69 Å². The number of nitro groups is 1. The first kappa shape index (κ1) is 15.2. The summed E-state index contributed by atoms with van der Waals surface area (Å²) in [7, 11) is 0. The lowest BCUT2D eigenvalue weighted by molar-refractivity contribution is -0.384. The van der Waals surface area contributed by atoms with E-state index in [0.29, 0.717) is 6.42 Å². The van der Waals surface area contributed by atoms with Gasteiger partial charge in [0.05, 0.1) is 4.92 Å². The summed E-state index contributed by atoms with van der Waals surface area (Å²) in [5.74, 6) is 2.63. The minimum absolute atomic E-state index is 0.105. The maximum atomic E-state index is 10.8.